The van der Waals surface area contributed by atoms with Crippen molar-refractivity contribution in [3.8, 4) is 0 Å². The maximum atomic E-state index is 12.6. The second-order valence-corrected chi connectivity index (χ2v) is 7.20. The predicted octanol–water partition coefficient (Wildman–Crippen LogP) is 2.43. The van der Waals surface area contributed by atoms with Crippen molar-refractivity contribution in [3.05, 3.63) is 63.5 Å². The molecule has 3 rings (SSSR count). The fourth-order valence-corrected chi connectivity index (χ4v) is 3.03. The molecule has 0 bridgehead atoms. The number of likely N-dealkylation sites (N-methyl/N-ethyl adjacent to an activating group) is 1. The minimum absolute atomic E-state index is 0.0169. The summed E-state index contributed by atoms with van der Waals surface area (Å²) in [7, 11) is 4.12. The number of benzene rings is 1. The van der Waals surface area contributed by atoms with Gasteiger partial charge < -0.3 is 14.9 Å². The van der Waals surface area contributed by atoms with E-state index in [9.17, 15) is 4.79 Å². The first-order chi connectivity index (χ1) is 12.4. The molecule has 1 aromatic carbocycles. The van der Waals surface area contributed by atoms with Crippen LogP contribution in [0.25, 0.3) is 10.9 Å². The van der Waals surface area contributed by atoms with Gasteiger partial charge in [0.25, 0.3) is 5.56 Å². The van der Waals surface area contributed by atoms with Gasteiger partial charge in [-0.1, -0.05) is 12.1 Å². The van der Waals surface area contributed by atoms with Crippen molar-refractivity contribution in [2.45, 2.75) is 26.9 Å². The maximum Gasteiger partial charge on any atom is 0.252 e. The van der Waals surface area contributed by atoms with Gasteiger partial charge in [0.1, 0.15) is 0 Å². The van der Waals surface area contributed by atoms with Gasteiger partial charge in [0.15, 0.2) is 0 Å². The smallest absolute Gasteiger partial charge is 0.252 e. The molecule has 0 unspecified atom stereocenters. The van der Waals surface area contributed by atoms with Crippen LogP contribution in [-0.2, 0) is 13.1 Å². The van der Waals surface area contributed by atoms with Gasteiger partial charge >= 0.3 is 0 Å². The lowest BCUT2D eigenvalue weighted by molar-refractivity contribution is 0.223. The Kier molecular flexibility index (Phi) is 5.54. The molecule has 6 heteroatoms. The van der Waals surface area contributed by atoms with E-state index in [0.717, 1.165) is 46.5 Å². The molecule has 138 valence electrons. The molecule has 0 atom stereocenters. The summed E-state index contributed by atoms with van der Waals surface area (Å²) in [6.07, 6.45) is 1.72. The largest absolute Gasteiger partial charge is 0.348 e. The third-order valence-corrected chi connectivity index (χ3v) is 4.64. The van der Waals surface area contributed by atoms with Gasteiger partial charge in [-0.15, -0.1) is 0 Å². The Labute approximate surface area is 153 Å². The Morgan fingerprint density at radius 2 is 1.88 bits per heavy atom. The second-order valence-electron chi connectivity index (χ2n) is 7.20. The molecule has 2 heterocycles. The number of fused-ring (bicyclic) bond motifs is 1. The van der Waals surface area contributed by atoms with Crippen LogP contribution in [-0.4, -0.2) is 51.9 Å². The average Bonchev–Trinajstić information content (AvgIpc) is 2.98. The van der Waals surface area contributed by atoms with Gasteiger partial charge in [-0.2, -0.15) is 0 Å². The van der Waals surface area contributed by atoms with Gasteiger partial charge in [0, 0.05) is 43.0 Å². The first-order valence-electron chi connectivity index (χ1n) is 8.91. The number of hydrogen-bond donors (Lipinski definition) is 2. The van der Waals surface area contributed by atoms with Crippen LogP contribution in [0.3, 0.4) is 0 Å². The van der Waals surface area contributed by atoms with E-state index in [4.69, 9.17) is 0 Å². The molecule has 0 spiro atoms. The number of H-pyrrole nitrogens is 2. The lowest BCUT2D eigenvalue weighted by Gasteiger charge is -2.23. The molecule has 6 nitrogen and oxygen atoms in total. The van der Waals surface area contributed by atoms with Crippen molar-refractivity contribution in [1.29, 1.82) is 0 Å². The van der Waals surface area contributed by atoms with E-state index in [1.54, 1.807) is 6.33 Å². The summed E-state index contributed by atoms with van der Waals surface area (Å²) in [5, 5.41) is 1.06. The van der Waals surface area contributed by atoms with Crippen LogP contribution in [0.2, 0.25) is 0 Å². The first-order valence-corrected chi connectivity index (χ1v) is 8.91. The van der Waals surface area contributed by atoms with Crippen LogP contribution in [0.1, 0.15) is 22.5 Å². The Morgan fingerprint density at radius 1 is 1.08 bits per heavy atom. The van der Waals surface area contributed by atoms with E-state index in [-0.39, 0.29) is 5.56 Å². The quantitative estimate of drug-likeness (QED) is 0.685. The van der Waals surface area contributed by atoms with Gasteiger partial charge in [-0.3, -0.25) is 9.69 Å². The second kappa shape index (κ2) is 7.85. The molecule has 0 saturated heterocycles. The minimum atomic E-state index is -0.0169. The average molecular weight is 353 g/mol. The van der Waals surface area contributed by atoms with Crippen molar-refractivity contribution < 1.29 is 0 Å². The summed E-state index contributed by atoms with van der Waals surface area (Å²) in [4.78, 5) is 27.6. The number of imidazole rings is 1. The Balaban J connectivity index is 1.86. The molecule has 26 heavy (non-hydrogen) atoms. The van der Waals surface area contributed by atoms with Crippen LogP contribution < -0.4 is 5.56 Å². The topological polar surface area (TPSA) is 68.0 Å². The lowest BCUT2D eigenvalue weighted by Crippen LogP contribution is -2.33. The summed E-state index contributed by atoms with van der Waals surface area (Å²) in [5.74, 6) is 0. The zero-order chi connectivity index (χ0) is 18.7. The summed E-state index contributed by atoms with van der Waals surface area (Å²) in [6, 6.07) is 8.15. The molecule has 0 aliphatic rings. The van der Waals surface area contributed by atoms with Crippen molar-refractivity contribution in [2.24, 2.45) is 0 Å². The molecular formula is C20H27N5O. The Bertz CT molecular complexity index is 941. The maximum absolute atomic E-state index is 12.6. The van der Waals surface area contributed by atoms with E-state index in [0.29, 0.717) is 13.1 Å². The van der Waals surface area contributed by atoms with E-state index >= 15 is 0 Å². The van der Waals surface area contributed by atoms with Crippen molar-refractivity contribution in [3.63, 3.8) is 0 Å². The van der Waals surface area contributed by atoms with Gasteiger partial charge in [-0.25, -0.2) is 4.98 Å². The minimum Gasteiger partial charge on any atom is -0.348 e. The molecular weight excluding hydrogens is 326 g/mol. The normalized spacial score (nSPS) is 11.8. The van der Waals surface area contributed by atoms with Gasteiger partial charge in [0.2, 0.25) is 0 Å². The number of rotatable bonds is 7. The molecule has 0 aliphatic carbocycles. The number of nitrogens with zero attached hydrogens (tertiary/aromatic N) is 3. The van der Waals surface area contributed by atoms with Crippen LogP contribution >= 0.6 is 0 Å². The van der Waals surface area contributed by atoms with E-state index in [1.807, 2.05) is 26.0 Å². The predicted molar refractivity (Wildman–Crippen MR) is 105 cm³/mol. The monoisotopic (exact) mass is 353 g/mol. The molecule has 3 aromatic rings. The third kappa shape index (κ3) is 4.39. The summed E-state index contributed by atoms with van der Waals surface area (Å²) in [5.41, 5.74) is 4.90. The van der Waals surface area contributed by atoms with Crippen LogP contribution in [0.4, 0.5) is 0 Å². The third-order valence-electron chi connectivity index (χ3n) is 4.64. The van der Waals surface area contributed by atoms with Crippen molar-refractivity contribution in [1.82, 2.24) is 24.8 Å². The number of aromatic amines is 2. The highest BCUT2D eigenvalue weighted by Crippen LogP contribution is 2.15. The molecule has 2 N–H and O–H groups in total. The Hall–Kier alpha value is -2.44. The zero-order valence-corrected chi connectivity index (χ0v) is 16.0. The number of hydrogen-bond acceptors (Lipinski definition) is 4. The van der Waals surface area contributed by atoms with Crippen molar-refractivity contribution in [2.75, 3.05) is 27.2 Å². The van der Waals surface area contributed by atoms with Crippen LogP contribution in [0.5, 0.6) is 0 Å². The summed E-state index contributed by atoms with van der Waals surface area (Å²) in [6.45, 7) is 7.16. The van der Waals surface area contributed by atoms with Crippen LogP contribution in [0, 0.1) is 13.8 Å². The van der Waals surface area contributed by atoms with E-state index in [1.165, 1.54) is 0 Å². The number of nitrogens with one attached hydrogen (secondary N) is 2. The van der Waals surface area contributed by atoms with Crippen molar-refractivity contribution >= 4 is 10.9 Å². The molecule has 0 saturated carbocycles. The lowest BCUT2D eigenvalue weighted by atomic mass is 10.1. The summed E-state index contributed by atoms with van der Waals surface area (Å²) >= 11 is 0. The SMILES string of the molecule is Cc1ccc2cc(CN(CCN(C)C)Cc3nc[nH]c3C)c(=O)[nH]c2c1. The highest BCUT2D eigenvalue weighted by molar-refractivity contribution is 5.79. The number of pyridine rings is 1. The fourth-order valence-electron chi connectivity index (χ4n) is 3.03. The van der Waals surface area contributed by atoms with Gasteiger partial charge in [-0.05, 0) is 51.0 Å². The fraction of sp³-hybridized carbons (Fsp3) is 0.400. The Morgan fingerprint density at radius 3 is 2.58 bits per heavy atom. The molecule has 0 aliphatic heterocycles. The number of aromatic nitrogens is 3. The molecule has 2 aromatic heterocycles. The highest BCUT2D eigenvalue weighted by atomic mass is 16.1. The zero-order valence-electron chi connectivity index (χ0n) is 16.0. The van der Waals surface area contributed by atoms with E-state index in [2.05, 4.69) is 51.0 Å². The van der Waals surface area contributed by atoms with E-state index < -0.39 is 0 Å². The first kappa shape index (κ1) is 18.4. The molecule has 0 fully saturated rings. The molecule has 0 radical (unpaired) electrons. The highest BCUT2D eigenvalue weighted by Gasteiger charge is 2.13. The summed E-state index contributed by atoms with van der Waals surface area (Å²) < 4.78 is 0. The standard InChI is InChI=1S/C20H27N5O/c1-14-5-6-16-10-17(20(26)23-18(16)9-14)11-25(8-7-24(3)4)12-19-15(2)21-13-22-19/h5-6,9-10,13H,7-8,11-12H2,1-4H3,(H,21,22)(H,23,26). The van der Waals surface area contributed by atoms with Gasteiger partial charge in [0.05, 0.1) is 12.0 Å². The molecule has 0 amide bonds. The number of aryl methyl sites for hydroxylation is 2. The van der Waals surface area contributed by atoms with Crippen LogP contribution in [0.15, 0.2) is 35.4 Å².